The van der Waals surface area contributed by atoms with E-state index >= 15 is 0 Å². The summed E-state index contributed by atoms with van der Waals surface area (Å²) < 4.78 is 0. The molecule has 6 atom stereocenters. The van der Waals surface area contributed by atoms with Crippen LogP contribution in [0.1, 0.15) is 24.0 Å². The highest BCUT2D eigenvalue weighted by atomic mass is 16.4. The fraction of sp³-hybridized carbons (Fsp3) is 0.440. The molecule has 1 aromatic carbocycles. The number of hydrogen-bond acceptors (Lipinski definition) is 11. The molecular weight excluding hydrogens is 500 g/mol. The molecule has 0 aliphatic heterocycles. The van der Waals surface area contributed by atoms with E-state index in [2.05, 4.69) is 10.6 Å². The number of likely N-dealkylation sites (N-methyl/N-ethyl adjacent to an activating group) is 2. The van der Waals surface area contributed by atoms with Crippen LogP contribution in [0.5, 0.6) is 5.75 Å². The number of carbonyl (C=O) groups excluding carboxylic acids is 4. The Balaban J connectivity index is 1.98. The van der Waals surface area contributed by atoms with Crippen LogP contribution in [0.2, 0.25) is 0 Å². The number of aromatic hydroxyl groups is 1. The molecule has 13 heteroatoms. The van der Waals surface area contributed by atoms with Gasteiger partial charge in [0.25, 0.3) is 5.91 Å². The first kappa shape index (κ1) is 27.3. The van der Waals surface area contributed by atoms with E-state index in [0.29, 0.717) is 5.56 Å². The van der Waals surface area contributed by atoms with Crippen LogP contribution in [-0.4, -0.2) is 99.2 Å². The molecule has 3 aliphatic carbocycles. The number of rotatable bonds is 5. The monoisotopic (exact) mass is 530 g/mol. The van der Waals surface area contributed by atoms with Crippen LogP contribution in [0.4, 0.5) is 5.69 Å². The lowest BCUT2D eigenvalue weighted by atomic mass is 9.54. The van der Waals surface area contributed by atoms with Gasteiger partial charge in [-0.25, -0.2) is 0 Å². The van der Waals surface area contributed by atoms with Crippen molar-refractivity contribution >= 4 is 34.8 Å². The maximum absolute atomic E-state index is 13.9. The summed E-state index contributed by atoms with van der Waals surface area (Å²) in [4.78, 5) is 52.5. The van der Waals surface area contributed by atoms with Gasteiger partial charge in [-0.2, -0.15) is 0 Å². The maximum Gasteiger partial charge on any atom is 0.255 e. The standard InChI is InChI=1S/C25H30N4O9/c1-8-9-5-6-10(28-11(30)7-27-2)18(31)13(9)19(32)14-12(8)20(33)16-17(29(3)4)21(34)15(24(26)37)23(36)25(16,38)22(14)35/h5-6,8,12,16-17,20,27,31-33,36,38H,7H2,1-4H3,(H2,26,37)(H,28,30)/t8-,12?,16?,17-,20-,25-/m0/s1. The summed E-state index contributed by atoms with van der Waals surface area (Å²) in [5, 5.41) is 61.5. The van der Waals surface area contributed by atoms with Crippen molar-refractivity contribution in [2.45, 2.75) is 30.6 Å². The molecule has 38 heavy (non-hydrogen) atoms. The molecule has 1 aromatic rings. The van der Waals surface area contributed by atoms with E-state index in [1.807, 2.05) is 0 Å². The Bertz CT molecular complexity index is 1330. The minimum Gasteiger partial charge on any atom is -0.508 e. The molecule has 9 N–H and O–H groups in total. The number of nitrogens with zero attached hydrogens (tertiary/aromatic N) is 1. The van der Waals surface area contributed by atoms with Crippen molar-refractivity contribution in [3.05, 3.63) is 40.2 Å². The van der Waals surface area contributed by atoms with Gasteiger partial charge in [0.2, 0.25) is 11.7 Å². The number of nitrogens with one attached hydrogen (secondary N) is 2. The first-order valence-corrected chi connectivity index (χ1v) is 11.8. The third kappa shape index (κ3) is 3.54. The number of carbonyl (C=O) groups is 4. The minimum absolute atomic E-state index is 0.0584. The molecule has 0 spiro atoms. The fourth-order valence-corrected chi connectivity index (χ4v) is 6.07. The summed E-state index contributed by atoms with van der Waals surface area (Å²) in [6, 6.07) is 1.50. The van der Waals surface area contributed by atoms with Crippen molar-refractivity contribution in [2.24, 2.45) is 17.6 Å². The van der Waals surface area contributed by atoms with Gasteiger partial charge in [0.05, 0.1) is 35.9 Å². The molecule has 2 unspecified atom stereocenters. The van der Waals surface area contributed by atoms with Crippen LogP contribution in [0, 0.1) is 11.8 Å². The van der Waals surface area contributed by atoms with Crippen molar-refractivity contribution in [3.8, 4) is 5.75 Å². The first-order chi connectivity index (χ1) is 17.7. The zero-order valence-corrected chi connectivity index (χ0v) is 21.1. The second-order valence-electron chi connectivity index (χ2n) is 10.1. The summed E-state index contributed by atoms with van der Waals surface area (Å²) >= 11 is 0. The van der Waals surface area contributed by atoms with Gasteiger partial charge in [-0.3, -0.25) is 24.1 Å². The molecule has 0 radical (unpaired) electrons. The molecule has 13 nitrogen and oxygen atoms in total. The molecule has 0 aromatic heterocycles. The van der Waals surface area contributed by atoms with E-state index in [1.165, 1.54) is 31.1 Å². The molecule has 3 aliphatic rings. The molecule has 1 fully saturated rings. The van der Waals surface area contributed by atoms with E-state index in [9.17, 15) is 44.7 Å². The van der Waals surface area contributed by atoms with Gasteiger partial charge in [-0.15, -0.1) is 0 Å². The number of primary amides is 1. The molecule has 4 rings (SSSR count). The number of phenolic OH excluding ortho intramolecular Hbond substituents is 1. The van der Waals surface area contributed by atoms with Gasteiger partial charge in [-0.1, -0.05) is 13.0 Å². The maximum atomic E-state index is 13.9. The third-order valence-corrected chi connectivity index (χ3v) is 7.74. The second-order valence-corrected chi connectivity index (χ2v) is 10.1. The van der Waals surface area contributed by atoms with Crippen LogP contribution in [0.3, 0.4) is 0 Å². The molecule has 0 heterocycles. The van der Waals surface area contributed by atoms with Gasteiger partial charge in [-0.05, 0) is 38.7 Å². The highest BCUT2D eigenvalue weighted by molar-refractivity contribution is 6.24. The van der Waals surface area contributed by atoms with E-state index in [4.69, 9.17) is 5.73 Å². The van der Waals surface area contributed by atoms with Crippen molar-refractivity contribution < 1.29 is 44.7 Å². The molecule has 0 saturated heterocycles. The average molecular weight is 531 g/mol. The zero-order chi connectivity index (χ0) is 28.4. The van der Waals surface area contributed by atoms with Gasteiger partial charge in [0, 0.05) is 11.5 Å². The van der Waals surface area contributed by atoms with Gasteiger partial charge in [0.1, 0.15) is 22.8 Å². The largest absolute Gasteiger partial charge is 0.508 e. The second kappa shape index (κ2) is 9.20. The van der Waals surface area contributed by atoms with Crippen LogP contribution in [0.25, 0.3) is 5.76 Å². The van der Waals surface area contributed by atoms with Crippen molar-refractivity contribution in [2.75, 3.05) is 33.0 Å². The lowest BCUT2D eigenvalue weighted by molar-refractivity contribution is -0.169. The van der Waals surface area contributed by atoms with Crippen molar-refractivity contribution in [3.63, 3.8) is 0 Å². The number of aliphatic hydroxyl groups excluding tert-OH is 3. The third-order valence-electron chi connectivity index (χ3n) is 7.74. The van der Waals surface area contributed by atoms with Crippen LogP contribution >= 0.6 is 0 Å². The van der Waals surface area contributed by atoms with Crippen molar-refractivity contribution in [1.82, 2.24) is 10.2 Å². The smallest absolute Gasteiger partial charge is 0.255 e. The SMILES string of the molecule is CNCC(=O)Nc1ccc2c(c1O)C(O)=C1C(=O)[C@]3(O)C(O)=C(C(N)=O)C(=O)[C@@H](N(C)C)C3[C@@H](O)C1[C@H]2C. The number of amides is 2. The predicted octanol–water partition coefficient (Wildman–Crippen LogP) is -1.35. The molecule has 2 amide bonds. The topological polar surface area (TPSA) is 223 Å². The Hall–Kier alpha value is -3.78. The minimum atomic E-state index is -2.99. The van der Waals surface area contributed by atoms with Gasteiger partial charge in [0.15, 0.2) is 11.4 Å². The highest BCUT2D eigenvalue weighted by Gasteiger charge is 2.68. The van der Waals surface area contributed by atoms with E-state index in [0.717, 1.165) is 0 Å². The number of phenols is 1. The summed E-state index contributed by atoms with van der Waals surface area (Å²) in [6.07, 6.45) is -1.68. The quantitative estimate of drug-likeness (QED) is 0.164. The zero-order valence-electron chi connectivity index (χ0n) is 21.1. The summed E-state index contributed by atoms with van der Waals surface area (Å²) in [5.41, 5.74) is 0.889. The van der Waals surface area contributed by atoms with Crippen molar-refractivity contribution in [1.29, 1.82) is 0 Å². The number of nitrogens with two attached hydrogens (primary N) is 1. The Morgan fingerprint density at radius 3 is 2.34 bits per heavy atom. The van der Waals surface area contributed by atoms with E-state index in [-0.39, 0.29) is 17.8 Å². The number of hydrogen-bond donors (Lipinski definition) is 8. The number of Topliss-reactive ketones (excluding diaryl/α,β-unsaturated/α-hetero) is 2. The Kier molecular flexibility index (Phi) is 6.60. The van der Waals surface area contributed by atoms with Crippen LogP contribution in [-0.2, 0) is 19.2 Å². The van der Waals surface area contributed by atoms with Gasteiger partial charge >= 0.3 is 0 Å². The predicted molar refractivity (Wildman–Crippen MR) is 133 cm³/mol. The molecule has 204 valence electrons. The Morgan fingerprint density at radius 2 is 1.79 bits per heavy atom. The van der Waals surface area contributed by atoms with Gasteiger partial charge < -0.3 is 41.9 Å². The lowest BCUT2D eigenvalue weighted by Crippen LogP contribution is -2.70. The number of aliphatic hydroxyl groups is 4. The number of benzene rings is 1. The lowest BCUT2D eigenvalue weighted by Gasteiger charge is -2.53. The van der Waals surface area contributed by atoms with E-state index < -0.39 is 87.3 Å². The first-order valence-electron chi connectivity index (χ1n) is 11.8. The average Bonchev–Trinajstić information content (AvgIpc) is 2.82. The summed E-state index contributed by atoms with van der Waals surface area (Å²) in [5.74, 6) is -10.3. The molecular formula is C25H30N4O9. The highest BCUT2D eigenvalue weighted by Crippen LogP contribution is 2.56. The molecule has 1 saturated carbocycles. The van der Waals surface area contributed by atoms with Crippen LogP contribution < -0.4 is 16.4 Å². The summed E-state index contributed by atoms with van der Waals surface area (Å²) in [7, 11) is 4.42. The normalized spacial score (nSPS) is 30.7. The Morgan fingerprint density at radius 1 is 1.16 bits per heavy atom. The van der Waals surface area contributed by atoms with E-state index in [1.54, 1.807) is 14.0 Å². The summed E-state index contributed by atoms with van der Waals surface area (Å²) in [6.45, 7) is 1.55. The number of ketones is 2. The van der Waals surface area contributed by atoms with Crippen LogP contribution in [0.15, 0.2) is 29.0 Å². The Labute approximate surface area is 217 Å². The molecule has 0 bridgehead atoms. The number of fused-ring (bicyclic) bond motifs is 3. The fourth-order valence-electron chi connectivity index (χ4n) is 6.07. The number of anilines is 1.